The van der Waals surface area contributed by atoms with E-state index in [1.165, 1.54) is 0 Å². The fourth-order valence-electron chi connectivity index (χ4n) is 5.85. The summed E-state index contributed by atoms with van der Waals surface area (Å²) < 4.78 is 6.16. The highest BCUT2D eigenvalue weighted by Gasteiger charge is 2.72. The Morgan fingerprint density at radius 1 is 1.40 bits per heavy atom. The quantitative estimate of drug-likeness (QED) is 0.585. The second-order valence-electron chi connectivity index (χ2n) is 8.47. The largest absolute Gasteiger partial charge is 0.388 e. The van der Waals surface area contributed by atoms with Crippen LogP contribution in [0.2, 0.25) is 0 Å². The molecule has 0 amide bonds. The predicted octanol–water partition coefficient (Wildman–Crippen LogP) is 2.47. The summed E-state index contributed by atoms with van der Waals surface area (Å²) in [5.41, 5.74) is 2.55. The van der Waals surface area contributed by atoms with Gasteiger partial charge in [0.05, 0.1) is 12.7 Å². The van der Waals surface area contributed by atoms with Crippen molar-refractivity contribution in [1.82, 2.24) is 0 Å². The highest BCUT2D eigenvalue weighted by Crippen LogP contribution is 2.65. The van der Waals surface area contributed by atoms with E-state index in [-0.39, 0.29) is 23.5 Å². The molecule has 0 radical (unpaired) electrons. The second-order valence-corrected chi connectivity index (χ2v) is 8.47. The second kappa shape index (κ2) is 4.71. The van der Waals surface area contributed by atoms with Crippen LogP contribution in [-0.2, 0) is 19.3 Å². The summed E-state index contributed by atoms with van der Waals surface area (Å²) in [5, 5.41) is 10.9. The molecule has 1 N–H and O–H groups in total. The molecule has 3 heterocycles. The molecule has 3 saturated heterocycles. The monoisotopic (exact) mass is 344 g/mol. The molecule has 4 fully saturated rings. The van der Waals surface area contributed by atoms with Gasteiger partial charge < -0.3 is 9.84 Å². The Morgan fingerprint density at radius 3 is 2.80 bits per heavy atom. The van der Waals surface area contributed by atoms with Crippen LogP contribution >= 0.6 is 0 Å². The highest BCUT2D eigenvalue weighted by atomic mass is 17.3. The molecule has 2 bridgehead atoms. The third-order valence-corrected chi connectivity index (χ3v) is 7.18. The molecule has 0 aromatic heterocycles. The van der Waals surface area contributed by atoms with Gasteiger partial charge in [-0.05, 0) is 44.1 Å². The van der Waals surface area contributed by atoms with Gasteiger partial charge in [-0.15, -0.1) is 0 Å². The highest BCUT2D eigenvalue weighted by molar-refractivity contribution is 6.10. The maximum atomic E-state index is 13.1. The van der Waals surface area contributed by atoms with E-state index in [9.17, 15) is 9.90 Å². The van der Waals surface area contributed by atoms with Crippen LogP contribution in [0.25, 0.3) is 0 Å². The summed E-state index contributed by atoms with van der Waals surface area (Å²) in [4.78, 5) is 24.8. The van der Waals surface area contributed by atoms with Crippen molar-refractivity contribution in [3.8, 4) is 0 Å². The first-order valence-corrected chi connectivity index (χ1v) is 9.14. The van der Waals surface area contributed by atoms with E-state index in [1.807, 2.05) is 13.8 Å². The van der Waals surface area contributed by atoms with Crippen molar-refractivity contribution in [2.24, 2.45) is 23.7 Å². The molecule has 6 rings (SSSR count). The SMILES string of the molecule is C=C(C)[C@H]1CC[C@@]23CO[C@@]4(OO2)C2=C(C(=O)C(C)=C[C@H]1[C@H]23)[C@@H](O)[C@@H]4C. The number of hydrogen-bond acceptors (Lipinski definition) is 5. The summed E-state index contributed by atoms with van der Waals surface area (Å²) in [5.74, 6) is -1.20. The molecule has 6 aliphatic rings. The minimum Gasteiger partial charge on any atom is -0.388 e. The number of fused-ring (bicyclic) bond motifs is 2. The molecule has 134 valence electrons. The van der Waals surface area contributed by atoms with Crippen LogP contribution in [0, 0.1) is 23.7 Å². The summed E-state index contributed by atoms with van der Waals surface area (Å²) in [6, 6.07) is 0. The van der Waals surface area contributed by atoms with Crippen LogP contribution in [0.4, 0.5) is 0 Å². The molecule has 2 spiro atoms. The Bertz CT molecular complexity index is 752. The van der Waals surface area contributed by atoms with E-state index < -0.39 is 17.5 Å². The Balaban J connectivity index is 1.80. The van der Waals surface area contributed by atoms with Crippen LogP contribution < -0.4 is 0 Å². The standard InChI is InChI=1S/C20H24O5/c1-9(2)12-5-6-19-8-23-20(25-24-19)11(4)18(22)14-16(20)15(19)13(12)7-10(3)17(14)21/h7,11-13,15,18,22H,1,5-6,8H2,2-4H3/t11-,12+,13+,15+,18-,19-,20-/m0/s1. The van der Waals surface area contributed by atoms with Crippen LogP contribution in [0.5, 0.6) is 0 Å². The number of carbonyl (C=O) groups is 1. The first-order valence-electron chi connectivity index (χ1n) is 9.14. The molecule has 5 heteroatoms. The first-order chi connectivity index (χ1) is 11.8. The molecule has 0 aromatic carbocycles. The van der Waals surface area contributed by atoms with Crippen molar-refractivity contribution in [3.05, 3.63) is 34.9 Å². The number of aliphatic hydroxyl groups is 1. The zero-order valence-electron chi connectivity index (χ0n) is 14.9. The van der Waals surface area contributed by atoms with Crippen LogP contribution in [0.15, 0.2) is 34.9 Å². The summed E-state index contributed by atoms with van der Waals surface area (Å²) in [6.07, 6.45) is 2.91. The van der Waals surface area contributed by atoms with Crippen LogP contribution in [-0.4, -0.2) is 35.0 Å². The van der Waals surface area contributed by atoms with E-state index in [0.717, 1.165) is 24.0 Å². The van der Waals surface area contributed by atoms with Crippen LogP contribution in [0.1, 0.15) is 33.6 Å². The summed E-state index contributed by atoms with van der Waals surface area (Å²) in [6.45, 7) is 10.4. The number of allylic oxidation sites excluding steroid dienone is 3. The molecule has 5 nitrogen and oxygen atoms in total. The average Bonchev–Trinajstić information content (AvgIpc) is 2.73. The molecule has 25 heavy (non-hydrogen) atoms. The molecule has 7 atom stereocenters. The lowest BCUT2D eigenvalue weighted by molar-refractivity contribution is -0.543. The normalized spacial score (nSPS) is 50.5. The topological polar surface area (TPSA) is 65.0 Å². The number of aliphatic hydroxyl groups excluding tert-OH is 1. The third kappa shape index (κ3) is 1.66. The minimum atomic E-state index is -1.13. The van der Waals surface area contributed by atoms with Crippen molar-refractivity contribution in [1.29, 1.82) is 0 Å². The maximum absolute atomic E-state index is 13.1. The van der Waals surface area contributed by atoms with Gasteiger partial charge in [-0.2, -0.15) is 4.89 Å². The van der Waals surface area contributed by atoms with Crippen molar-refractivity contribution in [3.63, 3.8) is 0 Å². The van der Waals surface area contributed by atoms with Gasteiger partial charge in [0, 0.05) is 23.0 Å². The van der Waals surface area contributed by atoms with Gasteiger partial charge in [0.25, 0.3) is 0 Å². The van der Waals surface area contributed by atoms with Gasteiger partial charge in [-0.3, -0.25) is 4.79 Å². The zero-order chi connectivity index (χ0) is 17.7. The number of rotatable bonds is 1. The van der Waals surface area contributed by atoms with Gasteiger partial charge in [-0.1, -0.05) is 25.2 Å². The summed E-state index contributed by atoms with van der Waals surface area (Å²) in [7, 11) is 0. The molecule has 3 aliphatic carbocycles. The molecular weight excluding hydrogens is 320 g/mol. The third-order valence-electron chi connectivity index (χ3n) is 7.18. The molecule has 0 unspecified atom stereocenters. The van der Waals surface area contributed by atoms with Gasteiger partial charge in [-0.25, -0.2) is 4.89 Å². The van der Waals surface area contributed by atoms with E-state index in [1.54, 1.807) is 0 Å². The minimum absolute atomic E-state index is 0.0125. The maximum Gasteiger partial charge on any atom is 0.230 e. The van der Waals surface area contributed by atoms with E-state index in [4.69, 9.17) is 14.5 Å². The van der Waals surface area contributed by atoms with Crippen molar-refractivity contribution in [2.75, 3.05) is 6.61 Å². The lowest BCUT2D eigenvalue weighted by Gasteiger charge is -2.61. The first kappa shape index (κ1) is 15.9. The van der Waals surface area contributed by atoms with E-state index in [0.29, 0.717) is 23.7 Å². The van der Waals surface area contributed by atoms with Gasteiger partial charge in [0.2, 0.25) is 5.79 Å². The van der Waals surface area contributed by atoms with Crippen molar-refractivity contribution in [2.45, 2.75) is 51.1 Å². The smallest absolute Gasteiger partial charge is 0.230 e. The van der Waals surface area contributed by atoms with Gasteiger partial charge >= 0.3 is 0 Å². The zero-order valence-corrected chi connectivity index (χ0v) is 14.9. The van der Waals surface area contributed by atoms with Crippen molar-refractivity contribution < 1.29 is 24.4 Å². The molecule has 0 aromatic rings. The predicted molar refractivity (Wildman–Crippen MR) is 89.1 cm³/mol. The van der Waals surface area contributed by atoms with E-state index >= 15 is 0 Å². The lowest BCUT2D eigenvalue weighted by Crippen LogP contribution is -2.68. The number of hydrogen-bond donors (Lipinski definition) is 1. The lowest BCUT2D eigenvalue weighted by atomic mass is 9.58. The Morgan fingerprint density at radius 2 is 2.16 bits per heavy atom. The number of ether oxygens (including phenoxy) is 1. The van der Waals surface area contributed by atoms with Gasteiger partial charge in [0.1, 0.15) is 5.60 Å². The molecular formula is C20H24O5. The number of ketones is 1. The molecule has 1 saturated carbocycles. The fourth-order valence-corrected chi connectivity index (χ4v) is 5.85. The van der Waals surface area contributed by atoms with Crippen molar-refractivity contribution >= 4 is 5.78 Å². The fraction of sp³-hybridized carbons (Fsp3) is 0.650. The Labute approximate surface area is 147 Å². The van der Waals surface area contributed by atoms with Crippen LogP contribution in [0.3, 0.4) is 0 Å². The average molecular weight is 344 g/mol. The Kier molecular flexibility index (Phi) is 3.00. The van der Waals surface area contributed by atoms with Gasteiger partial charge in [0.15, 0.2) is 5.78 Å². The van der Waals surface area contributed by atoms with E-state index in [2.05, 4.69) is 19.6 Å². The Hall–Kier alpha value is -1.27. The molecule has 3 aliphatic heterocycles. The number of Topliss-reactive ketones (excluding diaryl/α,β-unsaturated/α-hetero) is 1. The summed E-state index contributed by atoms with van der Waals surface area (Å²) >= 11 is 0. The number of carbonyl (C=O) groups excluding carboxylic acids is 1.